The van der Waals surface area contributed by atoms with Crippen molar-refractivity contribution in [3.05, 3.63) is 35.9 Å². The van der Waals surface area contributed by atoms with Gasteiger partial charge in [0.15, 0.2) is 6.10 Å². The normalized spacial score (nSPS) is 20.0. The van der Waals surface area contributed by atoms with E-state index < -0.39 is 0 Å². The van der Waals surface area contributed by atoms with Crippen molar-refractivity contribution in [2.24, 2.45) is 0 Å². The largest absolute Gasteiger partial charge is 0.449 e. The van der Waals surface area contributed by atoms with Gasteiger partial charge in [0.2, 0.25) is 0 Å². The Balaban J connectivity index is 2.02. The Kier molecular flexibility index (Phi) is 3.04. The Morgan fingerprint density at radius 1 is 1.27 bits per heavy atom. The van der Waals surface area contributed by atoms with Crippen LogP contribution in [0.3, 0.4) is 0 Å². The summed E-state index contributed by atoms with van der Waals surface area (Å²) in [7, 11) is 0. The lowest BCUT2D eigenvalue weighted by atomic mass is 10.1. The molecule has 1 fully saturated rings. The summed E-state index contributed by atoms with van der Waals surface area (Å²) in [6.45, 7) is 0. The van der Waals surface area contributed by atoms with E-state index in [-0.39, 0.29) is 12.1 Å². The molecule has 1 unspecified atom stereocenters. The van der Waals surface area contributed by atoms with E-state index in [2.05, 4.69) is 11.8 Å². The van der Waals surface area contributed by atoms with Gasteiger partial charge in [-0.2, -0.15) is 0 Å². The predicted molar refractivity (Wildman–Crippen MR) is 57.1 cm³/mol. The van der Waals surface area contributed by atoms with Gasteiger partial charge >= 0.3 is 5.97 Å². The second-order valence-electron chi connectivity index (χ2n) is 3.51. The van der Waals surface area contributed by atoms with Gasteiger partial charge in [0.1, 0.15) is 0 Å². The molecule has 0 aromatic heterocycles. The van der Waals surface area contributed by atoms with Gasteiger partial charge in [-0.25, -0.2) is 0 Å². The van der Waals surface area contributed by atoms with E-state index in [1.54, 1.807) is 0 Å². The van der Waals surface area contributed by atoms with Gasteiger partial charge in [-0.15, -0.1) is 0 Å². The quantitative estimate of drug-likeness (QED) is 0.473. The van der Waals surface area contributed by atoms with Gasteiger partial charge in [0.25, 0.3) is 0 Å². The van der Waals surface area contributed by atoms with Crippen LogP contribution >= 0.6 is 0 Å². The van der Waals surface area contributed by atoms with E-state index in [9.17, 15) is 4.79 Å². The van der Waals surface area contributed by atoms with E-state index in [1.807, 2.05) is 30.3 Å². The molecule has 1 aromatic carbocycles. The maximum atomic E-state index is 11.0. The Hall–Kier alpha value is -1.75. The molecular formula is C13H12O2. The third kappa shape index (κ3) is 2.85. The van der Waals surface area contributed by atoms with Crippen molar-refractivity contribution in [2.75, 3.05) is 0 Å². The summed E-state index contributed by atoms with van der Waals surface area (Å²) in [4.78, 5) is 11.0. The summed E-state index contributed by atoms with van der Waals surface area (Å²) in [5.41, 5.74) is 0.958. The lowest BCUT2D eigenvalue weighted by Crippen LogP contribution is -2.21. The van der Waals surface area contributed by atoms with Gasteiger partial charge in [0.05, 0.1) is 0 Å². The number of benzene rings is 1. The monoisotopic (exact) mass is 200 g/mol. The topological polar surface area (TPSA) is 26.3 Å². The number of hydrogen-bond acceptors (Lipinski definition) is 2. The molecule has 1 aromatic rings. The molecule has 1 saturated heterocycles. The van der Waals surface area contributed by atoms with Crippen molar-refractivity contribution in [1.82, 2.24) is 0 Å². The fraction of sp³-hybridized carbons (Fsp3) is 0.308. The van der Waals surface area contributed by atoms with Crippen LogP contribution in [0.25, 0.3) is 0 Å². The number of hydrogen-bond donors (Lipinski definition) is 0. The molecule has 1 atom stereocenters. The van der Waals surface area contributed by atoms with Crippen LogP contribution < -0.4 is 0 Å². The smallest absolute Gasteiger partial charge is 0.307 e. The third-order valence-corrected chi connectivity index (χ3v) is 2.27. The second kappa shape index (κ2) is 4.65. The lowest BCUT2D eigenvalue weighted by molar-refractivity contribution is -0.150. The number of carbonyl (C=O) groups is 1. The molecule has 2 heteroatoms. The molecule has 1 aliphatic rings. The summed E-state index contributed by atoms with van der Waals surface area (Å²) >= 11 is 0. The number of cyclic esters (lactones) is 1. The molecule has 2 rings (SSSR count). The molecular weight excluding hydrogens is 188 g/mol. The highest BCUT2D eigenvalue weighted by atomic mass is 16.5. The molecule has 1 heterocycles. The van der Waals surface area contributed by atoms with Gasteiger partial charge < -0.3 is 4.74 Å². The molecule has 0 saturated carbocycles. The van der Waals surface area contributed by atoms with Crippen LogP contribution in [0.4, 0.5) is 0 Å². The minimum Gasteiger partial charge on any atom is -0.449 e. The third-order valence-electron chi connectivity index (χ3n) is 2.27. The average Bonchev–Trinajstić information content (AvgIpc) is 2.28. The molecule has 0 radical (unpaired) electrons. The molecule has 15 heavy (non-hydrogen) atoms. The van der Waals surface area contributed by atoms with Crippen LogP contribution in [0.1, 0.15) is 24.8 Å². The van der Waals surface area contributed by atoms with Gasteiger partial charge in [-0.05, 0) is 25.0 Å². The number of ether oxygens (including phenoxy) is 1. The summed E-state index contributed by atoms with van der Waals surface area (Å²) in [6.07, 6.45) is 2.05. The lowest BCUT2D eigenvalue weighted by Gasteiger charge is -2.16. The molecule has 0 bridgehead atoms. The fourth-order valence-electron chi connectivity index (χ4n) is 1.50. The minimum atomic E-state index is -0.216. The summed E-state index contributed by atoms with van der Waals surface area (Å²) in [6, 6.07) is 9.72. The van der Waals surface area contributed by atoms with Crippen LogP contribution in [0, 0.1) is 11.8 Å². The Bertz CT molecular complexity index is 398. The first-order valence-corrected chi connectivity index (χ1v) is 5.11. The molecule has 1 aliphatic heterocycles. The van der Waals surface area contributed by atoms with Crippen molar-refractivity contribution in [3.63, 3.8) is 0 Å². The number of esters is 1. The number of rotatable bonds is 0. The first-order chi connectivity index (χ1) is 7.34. The van der Waals surface area contributed by atoms with E-state index in [1.165, 1.54) is 0 Å². The van der Waals surface area contributed by atoms with Crippen LogP contribution in [0.15, 0.2) is 30.3 Å². The Morgan fingerprint density at radius 3 is 2.80 bits per heavy atom. The minimum absolute atomic E-state index is 0.131. The van der Waals surface area contributed by atoms with Crippen molar-refractivity contribution in [2.45, 2.75) is 25.4 Å². The molecule has 0 spiro atoms. The molecule has 0 aliphatic carbocycles. The number of carbonyl (C=O) groups excluding carboxylic acids is 1. The van der Waals surface area contributed by atoms with Crippen LogP contribution in [-0.2, 0) is 9.53 Å². The highest BCUT2D eigenvalue weighted by Gasteiger charge is 2.17. The summed E-state index contributed by atoms with van der Waals surface area (Å²) in [5, 5.41) is 0. The van der Waals surface area contributed by atoms with Gasteiger partial charge in [-0.3, -0.25) is 4.79 Å². The molecule has 2 nitrogen and oxygen atoms in total. The van der Waals surface area contributed by atoms with Gasteiger partial charge in [0, 0.05) is 12.0 Å². The zero-order chi connectivity index (χ0) is 10.5. The van der Waals surface area contributed by atoms with Crippen LogP contribution in [-0.4, -0.2) is 12.1 Å². The van der Waals surface area contributed by atoms with E-state index in [4.69, 9.17) is 4.74 Å². The molecule has 0 N–H and O–H groups in total. The Morgan fingerprint density at radius 2 is 2.07 bits per heavy atom. The van der Waals surface area contributed by atoms with Crippen LogP contribution in [0.2, 0.25) is 0 Å². The maximum absolute atomic E-state index is 11.0. The zero-order valence-corrected chi connectivity index (χ0v) is 8.40. The van der Waals surface area contributed by atoms with E-state index in [0.29, 0.717) is 6.42 Å². The first-order valence-electron chi connectivity index (χ1n) is 5.11. The van der Waals surface area contributed by atoms with Gasteiger partial charge in [-0.1, -0.05) is 30.0 Å². The summed E-state index contributed by atoms with van der Waals surface area (Å²) in [5.74, 6) is 5.85. The predicted octanol–water partition coefficient (Wildman–Crippen LogP) is 2.13. The standard InChI is InChI=1S/C13H12O2/c14-13-8-4-7-12(15-13)10-9-11-5-2-1-3-6-11/h1-3,5-6,12H,4,7-8H2. The maximum Gasteiger partial charge on any atom is 0.307 e. The molecule has 0 amide bonds. The first kappa shape index (κ1) is 9.79. The fourth-order valence-corrected chi connectivity index (χ4v) is 1.50. The zero-order valence-electron chi connectivity index (χ0n) is 8.40. The van der Waals surface area contributed by atoms with Crippen molar-refractivity contribution >= 4 is 5.97 Å². The Labute approximate surface area is 89.3 Å². The second-order valence-corrected chi connectivity index (χ2v) is 3.51. The van der Waals surface area contributed by atoms with E-state index in [0.717, 1.165) is 18.4 Å². The average molecular weight is 200 g/mol. The van der Waals surface area contributed by atoms with Crippen molar-refractivity contribution in [1.29, 1.82) is 0 Å². The van der Waals surface area contributed by atoms with E-state index >= 15 is 0 Å². The highest BCUT2D eigenvalue weighted by Crippen LogP contribution is 2.13. The molecule has 76 valence electrons. The summed E-state index contributed by atoms with van der Waals surface area (Å²) < 4.78 is 5.10. The van der Waals surface area contributed by atoms with Crippen LogP contribution in [0.5, 0.6) is 0 Å². The SMILES string of the molecule is O=C1CCCC(C#Cc2ccccc2)O1. The highest BCUT2D eigenvalue weighted by molar-refractivity contribution is 5.70. The van der Waals surface area contributed by atoms with Crippen molar-refractivity contribution < 1.29 is 9.53 Å². The van der Waals surface area contributed by atoms with Crippen molar-refractivity contribution in [3.8, 4) is 11.8 Å².